The predicted octanol–water partition coefficient (Wildman–Crippen LogP) is 4.19. The van der Waals surface area contributed by atoms with Crippen LogP contribution in [0.2, 0.25) is 0 Å². The summed E-state index contributed by atoms with van der Waals surface area (Å²) in [4.78, 5) is 4.70. The van der Waals surface area contributed by atoms with Gasteiger partial charge in [-0.3, -0.25) is 4.99 Å². The number of hydrogen-bond acceptors (Lipinski definition) is 4. The van der Waals surface area contributed by atoms with Gasteiger partial charge in [-0.15, -0.1) is 0 Å². The molecule has 4 heteroatoms. The molecular formula is C16H21N3S. The summed E-state index contributed by atoms with van der Waals surface area (Å²) in [6, 6.07) is 7.88. The fourth-order valence-corrected chi connectivity index (χ4v) is 3.53. The molecule has 1 aliphatic heterocycles. The molecule has 20 heavy (non-hydrogen) atoms. The fourth-order valence-electron chi connectivity index (χ4n) is 2.25. The van der Waals surface area contributed by atoms with Crippen LogP contribution >= 0.6 is 11.8 Å². The molecule has 1 aromatic carbocycles. The maximum absolute atomic E-state index is 8.98. The maximum Gasteiger partial charge on any atom is 0.161 e. The molecule has 0 unspecified atom stereocenters. The first kappa shape index (κ1) is 14.9. The van der Waals surface area contributed by atoms with Crippen molar-refractivity contribution in [3.8, 4) is 6.07 Å². The van der Waals surface area contributed by atoms with E-state index in [0.29, 0.717) is 11.0 Å². The van der Waals surface area contributed by atoms with E-state index in [1.807, 2.05) is 25.1 Å². The minimum atomic E-state index is 0.361. The highest BCUT2D eigenvalue weighted by Crippen LogP contribution is 2.35. The van der Waals surface area contributed by atoms with Crippen LogP contribution in [-0.2, 0) is 0 Å². The van der Waals surface area contributed by atoms with Gasteiger partial charge in [-0.25, -0.2) is 0 Å². The number of rotatable bonds is 3. The molecule has 1 N–H and O–H groups in total. The van der Waals surface area contributed by atoms with E-state index in [-0.39, 0.29) is 0 Å². The Hall–Kier alpha value is -1.47. The number of hydrogen-bond donors (Lipinski definition) is 1. The van der Waals surface area contributed by atoms with E-state index in [0.717, 1.165) is 28.7 Å². The van der Waals surface area contributed by atoms with Crippen LogP contribution in [0.5, 0.6) is 0 Å². The van der Waals surface area contributed by atoms with Crippen molar-refractivity contribution < 1.29 is 0 Å². The molecule has 0 saturated carbocycles. The van der Waals surface area contributed by atoms with Gasteiger partial charge >= 0.3 is 0 Å². The number of nitrogens with zero attached hydrogens (tertiary/aromatic N) is 2. The Labute approximate surface area is 125 Å². The zero-order valence-corrected chi connectivity index (χ0v) is 13.2. The molecule has 0 bridgehead atoms. The Morgan fingerprint density at radius 2 is 2.15 bits per heavy atom. The van der Waals surface area contributed by atoms with Crippen molar-refractivity contribution in [3.63, 3.8) is 0 Å². The van der Waals surface area contributed by atoms with Gasteiger partial charge in [0, 0.05) is 18.0 Å². The monoisotopic (exact) mass is 287 g/mol. The molecule has 0 aromatic heterocycles. The number of thioether (sulfide) groups is 1. The third kappa shape index (κ3) is 3.16. The van der Waals surface area contributed by atoms with Crippen LogP contribution in [0.3, 0.4) is 0 Å². The Bertz CT molecular complexity index is 553. The normalized spacial score (nSPS) is 17.2. The molecule has 0 saturated heterocycles. The second-order valence-corrected chi connectivity index (χ2v) is 6.35. The van der Waals surface area contributed by atoms with Crippen LogP contribution < -0.4 is 5.32 Å². The number of benzene rings is 1. The van der Waals surface area contributed by atoms with E-state index >= 15 is 0 Å². The lowest BCUT2D eigenvalue weighted by Crippen LogP contribution is -2.32. The van der Waals surface area contributed by atoms with Crippen molar-refractivity contribution in [2.75, 3.05) is 17.6 Å². The third-order valence-corrected chi connectivity index (χ3v) is 5.44. The summed E-state index contributed by atoms with van der Waals surface area (Å²) in [5, 5.41) is 13.3. The van der Waals surface area contributed by atoms with Gasteiger partial charge in [0.2, 0.25) is 0 Å². The molecule has 0 atom stereocenters. The van der Waals surface area contributed by atoms with Gasteiger partial charge in [-0.1, -0.05) is 31.7 Å². The van der Waals surface area contributed by atoms with Crippen molar-refractivity contribution in [1.82, 2.24) is 0 Å². The molecule has 106 valence electrons. The molecule has 1 heterocycles. The van der Waals surface area contributed by atoms with E-state index in [4.69, 9.17) is 10.3 Å². The van der Waals surface area contributed by atoms with E-state index < -0.39 is 0 Å². The number of nitrogens with one attached hydrogen (secondary N) is 1. The summed E-state index contributed by atoms with van der Waals surface area (Å²) in [5.41, 5.74) is 3.15. The van der Waals surface area contributed by atoms with Crippen LogP contribution in [0.25, 0.3) is 0 Å². The van der Waals surface area contributed by atoms with Gasteiger partial charge in [0.1, 0.15) is 0 Å². The first-order valence-corrected chi connectivity index (χ1v) is 8.06. The first-order chi connectivity index (χ1) is 9.62. The molecule has 2 rings (SSSR count). The molecule has 0 radical (unpaired) electrons. The Morgan fingerprint density at radius 1 is 1.40 bits per heavy atom. The summed E-state index contributed by atoms with van der Waals surface area (Å²) in [6.45, 7) is 7.43. The Kier molecular flexibility index (Phi) is 4.72. The van der Waals surface area contributed by atoms with Crippen LogP contribution in [0, 0.1) is 23.7 Å². The largest absolute Gasteiger partial charge is 0.335 e. The van der Waals surface area contributed by atoms with Crippen LogP contribution in [0.15, 0.2) is 23.2 Å². The molecule has 3 nitrogen and oxygen atoms in total. The summed E-state index contributed by atoms with van der Waals surface area (Å²) < 4.78 is 0. The molecular weight excluding hydrogens is 266 g/mol. The van der Waals surface area contributed by atoms with Crippen LogP contribution in [-0.4, -0.2) is 17.5 Å². The van der Waals surface area contributed by atoms with Crippen molar-refractivity contribution in [2.45, 2.75) is 33.6 Å². The van der Waals surface area contributed by atoms with Crippen molar-refractivity contribution in [3.05, 3.63) is 29.3 Å². The number of anilines is 1. The summed E-state index contributed by atoms with van der Waals surface area (Å²) in [6.07, 6.45) is 2.35. The first-order valence-electron chi connectivity index (χ1n) is 7.07. The second-order valence-electron chi connectivity index (χ2n) is 5.38. The minimum absolute atomic E-state index is 0.361. The Morgan fingerprint density at radius 3 is 2.70 bits per heavy atom. The van der Waals surface area contributed by atoms with Crippen LogP contribution in [0.1, 0.15) is 37.8 Å². The average molecular weight is 287 g/mol. The molecule has 0 amide bonds. The van der Waals surface area contributed by atoms with Crippen molar-refractivity contribution >= 4 is 22.6 Å². The smallest absolute Gasteiger partial charge is 0.161 e. The topological polar surface area (TPSA) is 48.2 Å². The van der Waals surface area contributed by atoms with E-state index in [1.165, 1.54) is 12.8 Å². The third-order valence-electron chi connectivity index (χ3n) is 4.18. The summed E-state index contributed by atoms with van der Waals surface area (Å²) >= 11 is 1.79. The number of nitriles is 1. The van der Waals surface area contributed by atoms with E-state index in [1.54, 1.807) is 11.8 Å². The quantitative estimate of drug-likeness (QED) is 0.907. The zero-order chi connectivity index (χ0) is 14.6. The SMILES string of the molecule is CCC1(CC)CN=C(Nc2cc(C#N)ccc2C)SC1. The zero-order valence-electron chi connectivity index (χ0n) is 12.4. The summed E-state index contributed by atoms with van der Waals surface area (Å²) in [7, 11) is 0. The highest BCUT2D eigenvalue weighted by atomic mass is 32.2. The lowest BCUT2D eigenvalue weighted by Gasteiger charge is -2.33. The van der Waals surface area contributed by atoms with Gasteiger partial charge in [-0.2, -0.15) is 5.26 Å². The predicted molar refractivity (Wildman–Crippen MR) is 87.3 cm³/mol. The van der Waals surface area contributed by atoms with Gasteiger partial charge in [0.05, 0.1) is 11.6 Å². The Balaban J connectivity index is 2.13. The second kappa shape index (κ2) is 6.32. The van der Waals surface area contributed by atoms with Gasteiger partial charge in [0.25, 0.3) is 0 Å². The standard InChI is InChI=1S/C16H21N3S/c1-4-16(5-2)10-18-15(20-11-16)19-14-8-13(9-17)7-6-12(14)3/h6-8H,4-5,10-11H2,1-3H3,(H,18,19). The van der Waals surface area contributed by atoms with Gasteiger partial charge in [-0.05, 0) is 42.9 Å². The minimum Gasteiger partial charge on any atom is -0.335 e. The highest BCUT2D eigenvalue weighted by Gasteiger charge is 2.30. The van der Waals surface area contributed by atoms with Crippen LogP contribution in [0.4, 0.5) is 5.69 Å². The average Bonchev–Trinajstić information content (AvgIpc) is 2.50. The lowest BCUT2D eigenvalue weighted by atomic mass is 9.84. The van der Waals surface area contributed by atoms with Gasteiger partial charge in [0.15, 0.2) is 5.17 Å². The number of aryl methyl sites for hydroxylation is 1. The van der Waals surface area contributed by atoms with Gasteiger partial charge < -0.3 is 5.32 Å². The van der Waals surface area contributed by atoms with E-state index in [9.17, 15) is 0 Å². The molecule has 0 spiro atoms. The molecule has 1 aliphatic rings. The summed E-state index contributed by atoms with van der Waals surface area (Å²) in [5.74, 6) is 1.11. The highest BCUT2D eigenvalue weighted by molar-refractivity contribution is 8.14. The lowest BCUT2D eigenvalue weighted by molar-refractivity contribution is 0.318. The molecule has 1 aromatic rings. The number of amidine groups is 1. The molecule has 0 aliphatic carbocycles. The van der Waals surface area contributed by atoms with Crippen molar-refractivity contribution in [1.29, 1.82) is 5.26 Å². The molecule has 0 fully saturated rings. The maximum atomic E-state index is 8.98. The number of aliphatic imine (C=N–C) groups is 1. The van der Waals surface area contributed by atoms with E-state index in [2.05, 4.69) is 25.2 Å². The van der Waals surface area contributed by atoms with Crippen molar-refractivity contribution in [2.24, 2.45) is 10.4 Å². The fraction of sp³-hybridized carbons (Fsp3) is 0.500.